The zero-order valence-electron chi connectivity index (χ0n) is 18.7. The Bertz CT molecular complexity index is 1080. The van der Waals surface area contributed by atoms with Crippen LogP contribution < -0.4 is 20.1 Å². The number of rotatable bonds is 7. The molecule has 0 spiro atoms. The summed E-state index contributed by atoms with van der Waals surface area (Å²) in [5.41, 5.74) is 2.54. The third-order valence-electron chi connectivity index (χ3n) is 6.79. The summed E-state index contributed by atoms with van der Waals surface area (Å²) in [5, 5.41) is 14.8. The Morgan fingerprint density at radius 1 is 1.15 bits per heavy atom. The van der Waals surface area contributed by atoms with Crippen LogP contribution in [0.1, 0.15) is 44.7 Å². The van der Waals surface area contributed by atoms with Crippen LogP contribution >= 0.6 is 0 Å². The van der Waals surface area contributed by atoms with Gasteiger partial charge in [-0.05, 0) is 36.8 Å². The summed E-state index contributed by atoms with van der Waals surface area (Å²) in [6, 6.07) is 11.2. The predicted molar refractivity (Wildman–Crippen MR) is 120 cm³/mol. The van der Waals surface area contributed by atoms with Crippen molar-refractivity contribution < 1.29 is 28.9 Å². The van der Waals surface area contributed by atoms with E-state index >= 15 is 0 Å². The van der Waals surface area contributed by atoms with Crippen molar-refractivity contribution in [2.45, 2.75) is 25.0 Å². The van der Waals surface area contributed by atoms with Crippen molar-refractivity contribution in [3.05, 3.63) is 58.7 Å². The highest BCUT2D eigenvalue weighted by Crippen LogP contribution is 2.46. The number of aliphatic hydroxyl groups is 1. The molecule has 2 aromatic rings. The Balaban J connectivity index is 1.50. The fourth-order valence-electron chi connectivity index (χ4n) is 5.06. The summed E-state index contributed by atoms with van der Waals surface area (Å²) in [5.74, 6) is 1.25. The number of aliphatic hydroxyl groups excluding tert-OH is 1. The van der Waals surface area contributed by atoms with Crippen LogP contribution in [-0.4, -0.2) is 62.5 Å². The van der Waals surface area contributed by atoms with E-state index in [2.05, 4.69) is 10.6 Å². The van der Waals surface area contributed by atoms with Crippen LogP contribution in [0.2, 0.25) is 0 Å². The van der Waals surface area contributed by atoms with Crippen LogP contribution in [0.5, 0.6) is 11.5 Å². The van der Waals surface area contributed by atoms with E-state index in [0.717, 1.165) is 11.1 Å². The minimum absolute atomic E-state index is 0.0706. The third-order valence-corrected chi connectivity index (χ3v) is 6.79. The van der Waals surface area contributed by atoms with E-state index in [1.54, 1.807) is 13.1 Å². The Labute approximate surface area is 192 Å². The molecule has 33 heavy (non-hydrogen) atoms. The highest BCUT2D eigenvalue weighted by atomic mass is 16.5. The molecule has 2 aliphatic heterocycles. The van der Waals surface area contributed by atoms with Crippen LogP contribution in [0.25, 0.3) is 0 Å². The van der Waals surface area contributed by atoms with E-state index in [1.165, 1.54) is 0 Å². The van der Waals surface area contributed by atoms with Gasteiger partial charge in [0.05, 0.1) is 25.4 Å². The summed E-state index contributed by atoms with van der Waals surface area (Å²) < 4.78 is 17.1. The second-order valence-electron chi connectivity index (χ2n) is 8.83. The average Bonchev–Trinajstić information content (AvgIpc) is 3.15. The molecule has 2 aromatic carbocycles. The Morgan fingerprint density at radius 3 is 2.67 bits per heavy atom. The number of carbonyl (C=O) groups is 2. The number of benzene rings is 2. The van der Waals surface area contributed by atoms with Crippen LogP contribution in [0, 0.1) is 11.8 Å². The van der Waals surface area contributed by atoms with Crippen LogP contribution in [0.4, 0.5) is 0 Å². The van der Waals surface area contributed by atoms with Gasteiger partial charge < -0.3 is 30.0 Å². The molecule has 0 radical (unpaired) electrons. The first-order valence-electron chi connectivity index (χ1n) is 11.3. The molecule has 1 aliphatic carbocycles. The van der Waals surface area contributed by atoms with E-state index in [0.29, 0.717) is 47.7 Å². The number of ether oxygens (including phenoxy) is 3. The van der Waals surface area contributed by atoms with Gasteiger partial charge in [0.15, 0.2) is 0 Å². The lowest BCUT2D eigenvalue weighted by Gasteiger charge is -2.17. The molecule has 5 rings (SSSR count). The third kappa shape index (κ3) is 3.94. The molecular formula is C25H28N2O6. The molecule has 8 heteroatoms. The molecule has 0 unspecified atom stereocenters. The number of amides is 2. The topological polar surface area (TPSA) is 106 Å². The van der Waals surface area contributed by atoms with Gasteiger partial charge in [-0.1, -0.05) is 12.1 Å². The quantitative estimate of drug-likeness (QED) is 0.591. The lowest BCUT2D eigenvalue weighted by atomic mass is 9.86. The van der Waals surface area contributed by atoms with E-state index in [4.69, 9.17) is 19.3 Å². The van der Waals surface area contributed by atoms with Crippen molar-refractivity contribution in [3.63, 3.8) is 0 Å². The van der Waals surface area contributed by atoms with Gasteiger partial charge in [-0.2, -0.15) is 0 Å². The predicted octanol–water partition coefficient (Wildman–Crippen LogP) is 1.70. The molecule has 0 aromatic heterocycles. The van der Waals surface area contributed by atoms with E-state index in [1.807, 2.05) is 37.3 Å². The molecule has 2 amide bonds. The van der Waals surface area contributed by atoms with Crippen molar-refractivity contribution in [1.29, 1.82) is 0 Å². The van der Waals surface area contributed by atoms with Gasteiger partial charge in [0.2, 0.25) is 0 Å². The van der Waals surface area contributed by atoms with Crippen molar-refractivity contribution in [3.8, 4) is 11.5 Å². The molecular weight excluding hydrogens is 424 g/mol. The number of hydrogen-bond donors (Lipinski definition) is 3. The number of carbonyl (C=O) groups excluding carboxylic acids is 2. The van der Waals surface area contributed by atoms with Gasteiger partial charge >= 0.3 is 0 Å². The van der Waals surface area contributed by atoms with Crippen molar-refractivity contribution in [1.82, 2.24) is 10.6 Å². The highest BCUT2D eigenvalue weighted by Gasteiger charge is 2.54. The van der Waals surface area contributed by atoms with Gasteiger partial charge in [-0.15, -0.1) is 0 Å². The maximum absolute atomic E-state index is 13.1. The standard InChI is InChI=1S/C25H28N2O6/c1-13-21(14-4-3-5-16(8-14)32-7-6-28)17-9-15(10-18(23(17)33-13)25(30)26-2)24(29)27-22-19-11-31-12-20(19)22/h3-5,8-10,13,19-22,28H,6-7,11-12H2,1-2H3,(H,26,30)(H,27,29)/t13-,19-,20+,21+,22+/m1/s1. The molecule has 174 valence electrons. The largest absolute Gasteiger partial charge is 0.491 e. The molecule has 1 saturated carbocycles. The molecule has 1 saturated heterocycles. The first-order valence-corrected chi connectivity index (χ1v) is 11.3. The summed E-state index contributed by atoms with van der Waals surface area (Å²) in [4.78, 5) is 25.8. The lowest BCUT2D eigenvalue weighted by Crippen LogP contribution is -2.30. The first kappa shape index (κ1) is 21.7. The molecule has 0 bridgehead atoms. The molecule has 2 heterocycles. The summed E-state index contributed by atoms with van der Waals surface area (Å²) in [6.07, 6.45) is -0.241. The van der Waals surface area contributed by atoms with Crippen LogP contribution in [0.3, 0.4) is 0 Å². The summed E-state index contributed by atoms with van der Waals surface area (Å²) in [6.45, 7) is 3.45. The van der Waals surface area contributed by atoms with E-state index in [9.17, 15) is 9.59 Å². The number of nitrogens with one attached hydrogen (secondary N) is 2. The van der Waals surface area contributed by atoms with Crippen LogP contribution in [0.15, 0.2) is 36.4 Å². The van der Waals surface area contributed by atoms with Crippen molar-refractivity contribution in [2.75, 3.05) is 33.5 Å². The molecule has 3 aliphatic rings. The van der Waals surface area contributed by atoms with Gasteiger partial charge in [-0.25, -0.2) is 0 Å². The maximum Gasteiger partial charge on any atom is 0.254 e. The van der Waals surface area contributed by atoms with Gasteiger partial charge in [0, 0.05) is 42.0 Å². The highest BCUT2D eigenvalue weighted by molar-refractivity contribution is 6.02. The fraction of sp³-hybridized carbons (Fsp3) is 0.440. The Morgan fingerprint density at radius 2 is 1.94 bits per heavy atom. The molecule has 3 N–H and O–H groups in total. The van der Waals surface area contributed by atoms with E-state index in [-0.39, 0.29) is 43.1 Å². The van der Waals surface area contributed by atoms with Crippen molar-refractivity contribution >= 4 is 11.8 Å². The minimum atomic E-state index is -0.300. The normalized spacial score (nSPS) is 26.7. The fourth-order valence-corrected chi connectivity index (χ4v) is 5.06. The number of fused-ring (bicyclic) bond motifs is 2. The zero-order valence-corrected chi connectivity index (χ0v) is 18.7. The second kappa shape index (κ2) is 8.68. The molecule has 5 atom stereocenters. The van der Waals surface area contributed by atoms with Gasteiger partial charge in [0.1, 0.15) is 24.2 Å². The average molecular weight is 453 g/mol. The summed E-state index contributed by atoms with van der Waals surface area (Å²) in [7, 11) is 1.56. The van der Waals surface area contributed by atoms with Crippen molar-refractivity contribution in [2.24, 2.45) is 11.8 Å². The number of hydrogen-bond acceptors (Lipinski definition) is 6. The molecule has 2 fully saturated rings. The second-order valence-corrected chi connectivity index (χ2v) is 8.83. The summed E-state index contributed by atoms with van der Waals surface area (Å²) >= 11 is 0. The van der Waals surface area contributed by atoms with Gasteiger partial charge in [-0.3, -0.25) is 9.59 Å². The lowest BCUT2D eigenvalue weighted by molar-refractivity contribution is 0.0928. The minimum Gasteiger partial charge on any atom is -0.491 e. The SMILES string of the molecule is CNC(=O)c1cc(C(=O)N[C@H]2[C@@H]3COC[C@@H]32)cc2c1O[C@H](C)[C@H]2c1cccc(OCCO)c1. The monoisotopic (exact) mass is 452 g/mol. The maximum atomic E-state index is 13.1. The zero-order chi connectivity index (χ0) is 23.1. The van der Waals surface area contributed by atoms with Gasteiger partial charge in [0.25, 0.3) is 11.8 Å². The van der Waals surface area contributed by atoms with Crippen LogP contribution in [-0.2, 0) is 4.74 Å². The Hall–Kier alpha value is -3.10. The van der Waals surface area contributed by atoms with E-state index < -0.39 is 0 Å². The Kier molecular flexibility index (Phi) is 5.72. The smallest absolute Gasteiger partial charge is 0.254 e. The molecule has 8 nitrogen and oxygen atoms in total. The first-order chi connectivity index (χ1) is 16.0.